The topological polar surface area (TPSA) is 37.3 Å². The number of carbonyl (C=O) groups is 1. The van der Waals surface area contributed by atoms with Crippen LogP contribution in [0.5, 0.6) is 0 Å². The molecular weight excluding hydrogens is 226 g/mol. The summed E-state index contributed by atoms with van der Waals surface area (Å²) in [5.74, 6) is -3.05. The Hall–Kier alpha value is -1.42. The van der Waals surface area contributed by atoms with Crippen LogP contribution >= 0.6 is 11.6 Å². The quantitative estimate of drug-likeness (QED) is 0.628. The second kappa shape index (κ2) is 4.40. The van der Waals surface area contributed by atoms with Gasteiger partial charge in [0.25, 0.3) is 0 Å². The lowest BCUT2D eigenvalue weighted by Gasteiger charge is -2.02. The van der Waals surface area contributed by atoms with Gasteiger partial charge in [-0.15, -0.1) is 0 Å². The molecule has 0 radical (unpaired) electrons. The Labute approximate surface area is 89.8 Å². The SMILES string of the molecule is C/C(=C\c1c(F)ccc(Cl)c1F)C(=O)O. The minimum Gasteiger partial charge on any atom is -0.478 e. The average molecular weight is 233 g/mol. The number of hydrogen-bond donors (Lipinski definition) is 1. The van der Waals surface area contributed by atoms with Crippen molar-refractivity contribution in [3.8, 4) is 0 Å². The first-order valence-corrected chi connectivity index (χ1v) is 4.36. The predicted octanol–water partition coefficient (Wildman–Crippen LogP) is 3.11. The van der Waals surface area contributed by atoms with Gasteiger partial charge in [-0.05, 0) is 25.1 Å². The van der Waals surface area contributed by atoms with Crippen LogP contribution in [-0.4, -0.2) is 11.1 Å². The molecule has 0 heterocycles. The highest BCUT2D eigenvalue weighted by Crippen LogP contribution is 2.23. The smallest absolute Gasteiger partial charge is 0.331 e. The normalized spacial score (nSPS) is 11.6. The van der Waals surface area contributed by atoms with Crippen molar-refractivity contribution in [2.24, 2.45) is 0 Å². The zero-order valence-corrected chi connectivity index (χ0v) is 8.48. The molecule has 80 valence electrons. The number of rotatable bonds is 2. The minimum absolute atomic E-state index is 0.171. The standard InChI is InChI=1S/C10H7ClF2O2/c1-5(10(14)15)4-6-8(12)3-2-7(11)9(6)13/h2-4H,1H3,(H,14,15)/b5-4+. The molecule has 2 nitrogen and oxygen atoms in total. The van der Waals surface area contributed by atoms with E-state index < -0.39 is 23.2 Å². The number of aliphatic carboxylic acids is 1. The molecule has 0 aliphatic carbocycles. The molecule has 5 heteroatoms. The van der Waals surface area contributed by atoms with E-state index in [1.807, 2.05) is 0 Å². The van der Waals surface area contributed by atoms with Gasteiger partial charge in [0.1, 0.15) is 5.82 Å². The lowest BCUT2D eigenvalue weighted by atomic mass is 10.1. The molecule has 0 aromatic heterocycles. The summed E-state index contributed by atoms with van der Waals surface area (Å²) < 4.78 is 26.4. The zero-order valence-electron chi connectivity index (χ0n) is 7.72. The van der Waals surface area contributed by atoms with Crippen molar-refractivity contribution >= 4 is 23.6 Å². The van der Waals surface area contributed by atoms with Crippen LogP contribution in [0.4, 0.5) is 8.78 Å². The summed E-state index contributed by atoms with van der Waals surface area (Å²) in [6.07, 6.45) is 0.902. The van der Waals surface area contributed by atoms with Gasteiger partial charge in [0.2, 0.25) is 0 Å². The Morgan fingerprint density at radius 3 is 2.60 bits per heavy atom. The van der Waals surface area contributed by atoms with Gasteiger partial charge in [0, 0.05) is 11.1 Å². The molecule has 1 aromatic rings. The lowest BCUT2D eigenvalue weighted by Crippen LogP contribution is -1.98. The maximum Gasteiger partial charge on any atom is 0.331 e. The highest BCUT2D eigenvalue weighted by Gasteiger charge is 2.12. The monoisotopic (exact) mass is 232 g/mol. The lowest BCUT2D eigenvalue weighted by molar-refractivity contribution is -0.132. The molecule has 1 aromatic carbocycles. The van der Waals surface area contributed by atoms with Gasteiger partial charge in [-0.25, -0.2) is 13.6 Å². The van der Waals surface area contributed by atoms with Gasteiger partial charge in [0.05, 0.1) is 5.02 Å². The van der Waals surface area contributed by atoms with Gasteiger partial charge in [-0.3, -0.25) is 0 Å². The number of halogens is 3. The van der Waals surface area contributed by atoms with E-state index in [1.165, 1.54) is 6.92 Å². The molecule has 0 fully saturated rings. The van der Waals surface area contributed by atoms with E-state index in [9.17, 15) is 13.6 Å². The molecule has 0 saturated heterocycles. The molecule has 0 aliphatic heterocycles. The Morgan fingerprint density at radius 2 is 2.07 bits per heavy atom. The number of carboxylic acid groups (broad SMARTS) is 1. The summed E-state index contributed by atoms with van der Waals surface area (Å²) in [4.78, 5) is 10.5. The Morgan fingerprint density at radius 1 is 1.47 bits per heavy atom. The number of benzene rings is 1. The third-order valence-corrected chi connectivity index (χ3v) is 2.07. The van der Waals surface area contributed by atoms with Crippen molar-refractivity contribution in [1.29, 1.82) is 0 Å². The second-order valence-corrected chi connectivity index (χ2v) is 3.30. The summed E-state index contributed by atoms with van der Waals surface area (Å²) in [6, 6.07) is 2.05. The fourth-order valence-corrected chi connectivity index (χ4v) is 1.12. The highest BCUT2D eigenvalue weighted by atomic mass is 35.5. The molecule has 1 rings (SSSR count). The fourth-order valence-electron chi connectivity index (χ4n) is 0.953. The third-order valence-electron chi connectivity index (χ3n) is 1.78. The van der Waals surface area contributed by atoms with Crippen LogP contribution in [0, 0.1) is 11.6 Å². The van der Waals surface area contributed by atoms with Gasteiger partial charge >= 0.3 is 5.97 Å². The van der Waals surface area contributed by atoms with Crippen LogP contribution in [-0.2, 0) is 4.79 Å². The van der Waals surface area contributed by atoms with E-state index >= 15 is 0 Å². The van der Waals surface area contributed by atoms with Crippen molar-refractivity contribution in [1.82, 2.24) is 0 Å². The van der Waals surface area contributed by atoms with Crippen LogP contribution in [0.25, 0.3) is 6.08 Å². The average Bonchev–Trinajstić information content (AvgIpc) is 2.18. The molecule has 0 atom stereocenters. The van der Waals surface area contributed by atoms with Crippen LogP contribution in [0.1, 0.15) is 12.5 Å². The van der Waals surface area contributed by atoms with Crippen LogP contribution in [0.2, 0.25) is 5.02 Å². The molecule has 0 bridgehead atoms. The van der Waals surface area contributed by atoms with Crippen molar-refractivity contribution < 1.29 is 18.7 Å². The zero-order chi connectivity index (χ0) is 11.6. The van der Waals surface area contributed by atoms with E-state index in [2.05, 4.69) is 0 Å². The first-order chi connectivity index (χ1) is 6.93. The molecular formula is C10H7ClF2O2. The van der Waals surface area contributed by atoms with E-state index in [0.717, 1.165) is 18.2 Å². The summed E-state index contributed by atoms with van der Waals surface area (Å²) >= 11 is 5.43. The van der Waals surface area contributed by atoms with Crippen molar-refractivity contribution in [3.63, 3.8) is 0 Å². The molecule has 0 saturated carbocycles. The van der Waals surface area contributed by atoms with E-state index in [1.54, 1.807) is 0 Å². The first kappa shape index (κ1) is 11.7. The van der Waals surface area contributed by atoms with E-state index in [0.29, 0.717) is 0 Å². The van der Waals surface area contributed by atoms with Crippen LogP contribution in [0.3, 0.4) is 0 Å². The Balaban J connectivity index is 3.32. The van der Waals surface area contributed by atoms with Crippen molar-refractivity contribution in [2.45, 2.75) is 6.92 Å². The molecule has 0 aliphatic rings. The third kappa shape index (κ3) is 2.53. The minimum atomic E-state index is -1.24. The van der Waals surface area contributed by atoms with Crippen LogP contribution in [0.15, 0.2) is 17.7 Å². The van der Waals surface area contributed by atoms with Gasteiger partial charge < -0.3 is 5.11 Å². The predicted molar refractivity (Wildman–Crippen MR) is 52.7 cm³/mol. The largest absolute Gasteiger partial charge is 0.478 e. The molecule has 1 N–H and O–H groups in total. The number of hydrogen-bond acceptors (Lipinski definition) is 1. The Kier molecular flexibility index (Phi) is 3.42. The summed E-state index contributed by atoms with van der Waals surface area (Å²) in [7, 11) is 0. The summed E-state index contributed by atoms with van der Waals surface area (Å²) in [5, 5.41) is 8.30. The van der Waals surface area contributed by atoms with Gasteiger partial charge in [-0.1, -0.05) is 11.6 Å². The van der Waals surface area contributed by atoms with Crippen molar-refractivity contribution in [2.75, 3.05) is 0 Å². The second-order valence-electron chi connectivity index (χ2n) is 2.89. The molecule has 0 unspecified atom stereocenters. The van der Waals surface area contributed by atoms with Gasteiger partial charge in [-0.2, -0.15) is 0 Å². The number of carboxylic acids is 1. The van der Waals surface area contributed by atoms with Crippen LogP contribution < -0.4 is 0 Å². The molecule has 15 heavy (non-hydrogen) atoms. The first-order valence-electron chi connectivity index (χ1n) is 3.98. The van der Waals surface area contributed by atoms with Crippen molar-refractivity contribution in [3.05, 3.63) is 39.9 Å². The summed E-state index contributed by atoms with van der Waals surface area (Å²) in [5.41, 5.74) is -0.613. The highest BCUT2D eigenvalue weighted by molar-refractivity contribution is 6.30. The molecule has 0 amide bonds. The van der Waals surface area contributed by atoms with E-state index in [4.69, 9.17) is 16.7 Å². The fraction of sp³-hybridized carbons (Fsp3) is 0.100. The van der Waals surface area contributed by atoms with E-state index in [-0.39, 0.29) is 10.6 Å². The maximum atomic E-state index is 13.3. The van der Waals surface area contributed by atoms with Gasteiger partial charge in [0.15, 0.2) is 5.82 Å². The molecule has 0 spiro atoms. The maximum absolute atomic E-state index is 13.3. The Bertz CT molecular complexity index is 441. The summed E-state index contributed by atoms with van der Waals surface area (Å²) in [6.45, 7) is 1.24.